The number of rotatable bonds is 7. The van der Waals surface area contributed by atoms with Crippen molar-refractivity contribution >= 4 is 11.7 Å². The van der Waals surface area contributed by atoms with E-state index in [0.717, 1.165) is 23.3 Å². The molecule has 1 fully saturated rings. The maximum absolute atomic E-state index is 13.3. The fourth-order valence-corrected chi connectivity index (χ4v) is 3.33. The molecule has 1 N–H and O–H groups in total. The minimum atomic E-state index is -0.902. The van der Waals surface area contributed by atoms with Crippen LogP contribution in [0.5, 0.6) is 0 Å². The highest BCUT2D eigenvalue weighted by atomic mass is 19.2. The van der Waals surface area contributed by atoms with Crippen LogP contribution in [0.25, 0.3) is 0 Å². The SMILES string of the molecule is COC1(c2ccc(CC(=O)Nc3ccn(Cc4ccc(F)c(F)c4)n3)cc2)COC1. The first-order chi connectivity index (χ1) is 14.5. The van der Waals surface area contributed by atoms with E-state index in [-0.39, 0.29) is 24.5 Å². The van der Waals surface area contributed by atoms with Gasteiger partial charge in [0.2, 0.25) is 5.91 Å². The molecular weight excluding hydrogens is 392 g/mol. The van der Waals surface area contributed by atoms with Crippen molar-refractivity contribution in [3.8, 4) is 0 Å². The summed E-state index contributed by atoms with van der Waals surface area (Å²) in [6, 6.07) is 13.0. The van der Waals surface area contributed by atoms with Crippen LogP contribution in [0.1, 0.15) is 16.7 Å². The van der Waals surface area contributed by atoms with Gasteiger partial charge in [0.05, 0.1) is 26.2 Å². The molecule has 1 aliphatic rings. The number of nitrogens with zero attached hydrogens (tertiary/aromatic N) is 2. The monoisotopic (exact) mass is 413 g/mol. The average Bonchev–Trinajstić information content (AvgIpc) is 3.12. The number of hydrogen-bond donors (Lipinski definition) is 1. The van der Waals surface area contributed by atoms with Crippen LogP contribution in [0.4, 0.5) is 14.6 Å². The lowest BCUT2D eigenvalue weighted by atomic mass is 9.91. The van der Waals surface area contributed by atoms with E-state index in [4.69, 9.17) is 9.47 Å². The van der Waals surface area contributed by atoms with Crippen LogP contribution in [-0.2, 0) is 32.8 Å². The normalized spacial score (nSPS) is 14.9. The number of nitrogens with one attached hydrogen (secondary N) is 1. The van der Waals surface area contributed by atoms with Crippen molar-refractivity contribution in [1.82, 2.24) is 9.78 Å². The number of carbonyl (C=O) groups is 1. The molecule has 1 amide bonds. The van der Waals surface area contributed by atoms with Crippen LogP contribution in [0.2, 0.25) is 0 Å². The van der Waals surface area contributed by atoms with Gasteiger partial charge in [-0.05, 0) is 28.8 Å². The quantitative estimate of drug-likeness (QED) is 0.646. The summed E-state index contributed by atoms with van der Waals surface area (Å²) in [5.41, 5.74) is 2.07. The third kappa shape index (κ3) is 4.24. The Labute approximate surface area is 172 Å². The highest BCUT2D eigenvalue weighted by Gasteiger charge is 2.40. The lowest BCUT2D eigenvalue weighted by Gasteiger charge is -2.40. The van der Waals surface area contributed by atoms with Crippen molar-refractivity contribution in [2.45, 2.75) is 18.6 Å². The largest absolute Gasteiger partial charge is 0.375 e. The number of amides is 1. The van der Waals surface area contributed by atoms with Crippen LogP contribution >= 0.6 is 0 Å². The van der Waals surface area contributed by atoms with Crippen molar-refractivity contribution in [3.63, 3.8) is 0 Å². The molecule has 2 heterocycles. The molecule has 1 aliphatic heterocycles. The van der Waals surface area contributed by atoms with Crippen LogP contribution in [0.3, 0.4) is 0 Å². The molecule has 0 unspecified atom stereocenters. The molecule has 0 saturated carbocycles. The zero-order valence-electron chi connectivity index (χ0n) is 16.4. The molecule has 8 heteroatoms. The van der Waals surface area contributed by atoms with Gasteiger partial charge in [-0.3, -0.25) is 9.48 Å². The Kier molecular flexibility index (Phi) is 5.61. The van der Waals surface area contributed by atoms with Gasteiger partial charge in [0.25, 0.3) is 0 Å². The molecular formula is C22H21F2N3O3. The molecule has 30 heavy (non-hydrogen) atoms. The summed E-state index contributed by atoms with van der Waals surface area (Å²) in [5.74, 6) is -1.60. The molecule has 4 rings (SSSR count). The predicted molar refractivity (Wildman–Crippen MR) is 106 cm³/mol. The summed E-state index contributed by atoms with van der Waals surface area (Å²) in [4.78, 5) is 12.3. The zero-order valence-corrected chi connectivity index (χ0v) is 16.4. The molecule has 0 spiro atoms. The number of hydrogen-bond acceptors (Lipinski definition) is 4. The van der Waals surface area contributed by atoms with Gasteiger partial charge in [-0.2, -0.15) is 5.10 Å². The maximum Gasteiger partial charge on any atom is 0.229 e. The smallest absolute Gasteiger partial charge is 0.229 e. The third-order valence-corrected chi connectivity index (χ3v) is 5.14. The number of benzene rings is 2. The Morgan fingerprint density at radius 2 is 1.87 bits per heavy atom. The van der Waals surface area contributed by atoms with E-state index in [1.165, 1.54) is 6.07 Å². The summed E-state index contributed by atoms with van der Waals surface area (Å²) in [7, 11) is 1.66. The van der Waals surface area contributed by atoms with E-state index in [9.17, 15) is 13.6 Å². The number of halogens is 2. The van der Waals surface area contributed by atoms with Crippen molar-refractivity contribution < 1.29 is 23.0 Å². The second-order valence-corrected chi connectivity index (χ2v) is 7.26. The topological polar surface area (TPSA) is 65.4 Å². The number of methoxy groups -OCH3 is 1. The highest BCUT2D eigenvalue weighted by Crippen LogP contribution is 2.33. The standard InChI is InChI=1S/C22H21F2N3O3/c1-29-22(13-30-14-22)17-5-2-15(3-6-17)11-21(28)25-20-8-9-27(26-20)12-16-4-7-18(23)19(24)10-16/h2-10H,11-14H2,1H3,(H,25,26,28). The lowest BCUT2D eigenvalue weighted by Crippen LogP contribution is -2.48. The van der Waals surface area contributed by atoms with Crippen molar-refractivity contribution in [2.75, 3.05) is 25.6 Å². The molecule has 156 valence electrons. The maximum atomic E-state index is 13.3. The zero-order chi connectivity index (χ0) is 21.1. The summed E-state index contributed by atoms with van der Waals surface area (Å²) in [6.45, 7) is 1.31. The minimum Gasteiger partial charge on any atom is -0.375 e. The van der Waals surface area contributed by atoms with Gasteiger partial charge in [0.15, 0.2) is 17.5 Å². The number of ether oxygens (including phenoxy) is 2. The molecule has 0 bridgehead atoms. The second-order valence-electron chi connectivity index (χ2n) is 7.26. The van der Waals surface area contributed by atoms with E-state index < -0.39 is 11.6 Å². The average molecular weight is 413 g/mol. The molecule has 2 aromatic carbocycles. The summed E-state index contributed by atoms with van der Waals surface area (Å²) >= 11 is 0. The molecule has 0 atom stereocenters. The molecule has 1 saturated heterocycles. The van der Waals surface area contributed by atoms with Crippen LogP contribution in [0.15, 0.2) is 54.7 Å². The van der Waals surface area contributed by atoms with E-state index in [1.54, 1.807) is 24.1 Å². The number of anilines is 1. The van der Waals surface area contributed by atoms with Gasteiger partial charge in [0.1, 0.15) is 5.60 Å². The summed E-state index contributed by atoms with van der Waals surface area (Å²) in [6.07, 6.45) is 1.86. The van der Waals surface area contributed by atoms with Crippen LogP contribution < -0.4 is 5.32 Å². The fourth-order valence-electron chi connectivity index (χ4n) is 3.33. The van der Waals surface area contributed by atoms with E-state index in [1.807, 2.05) is 24.3 Å². The molecule has 0 radical (unpaired) electrons. The molecule has 1 aromatic heterocycles. The van der Waals surface area contributed by atoms with Gasteiger partial charge in [-0.15, -0.1) is 0 Å². The van der Waals surface area contributed by atoms with Crippen molar-refractivity contribution in [3.05, 3.63) is 83.1 Å². The predicted octanol–water partition coefficient (Wildman–Crippen LogP) is 3.26. The van der Waals surface area contributed by atoms with Crippen LogP contribution in [0, 0.1) is 11.6 Å². The summed E-state index contributed by atoms with van der Waals surface area (Å²) in [5, 5.41) is 7.00. The van der Waals surface area contributed by atoms with E-state index >= 15 is 0 Å². The first-order valence-corrected chi connectivity index (χ1v) is 9.47. The van der Waals surface area contributed by atoms with Crippen molar-refractivity contribution in [2.24, 2.45) is 0 Å². The van der Waals surface area contributed by atoms with E-state index in [2.05, 4.69) is 10.4 Å². The Morgan fingerprint density at radius 1 is 1.13 bits per heavy atom. The fraction of sp³-hybridized carbons (Fsp3) is 0.273. The van der Waals surface area contributed by atoms with Gasteiger partial charge < -0.3 is 14.8 Å². The van der Waals surface area contributed by atoms with Gasteiger partial charge >= 0.3 is 0 Å². The summed E-state index contributed by atoms with van der Waals surface area (Å²) < 4.78 is 38.7. The minimum absolute atomic E-state index is 0.200. The number of aromatic nitrogens is 2. The molecule has 3 aromatic rings. The Hall–Kier alpha value is -3.10. The second kappa shape index (κ2) is 8.33. The first kappa shape index (κ1) is 20.2. The van der Waals surface area contributed by atoms with Gasteiger partial charge in [0, 0.05) is 19.4 Å². The Bertz CT molecular complexity index is 1040. The molecule has 6 nitrogen and oxygen atoms in total. The first-order valence-electron chi connectivity index (χ1n) is 9.47. The lowest BCUT2D eigenvalue weighted by molar-refractivity contribution is -0.202. The highest BCUT2D eigenvalue weighted by molar-refractivity contribution is 5.91. The Balaban J connectivity index is 1.33. The number of carbonyl (C=O) groups excluding carboxylic acids is 1. The molecule has 0 aliphatic carbocycles. The van der Waals surface area contributed by atoms with Gasteiger partial charge in [-0.25, -0.2) is 8.78 Å². The third-order valence-electron chi connectivity index (χ3n) is 5.14. The Morgan fingerprint density at radius 3 is 2.50 bits per heavy atom. The van der Waals surface area contributed by atoms with Crippen LogP contribution in [-0.4, -0.2) is 36.0 Å². The van der Waals surface area contributed by atoms with E-state index in [0.29, 0.717) is 24.6 Å². The van der Waals surface area contributed by atoms with Gasteiger partial charge in [-0.1, -0.05) is 30.3 Å². The van der Waals surface area contributed by atoms with Crippen molar-refractivity contribution in [1.29, 1.82) is 0 Å².